The largest absolute Gasteiger partial charge is 0.493 e. The maximum absolute atomic E-state index is 12.5. The molecule has 7 heteroatoms. The molecule has 2 aromatic rings. The SMILES string of the molecule is CCOc1ccccc1C(=O)NCc1cc(Br)ccc1OC(F)F. The predicted octanol–water partition coefficient (Wildman–Crippen LogP) is 4.38. The number of rotatable bonds is 7. The van der Waals surface area contributed by atoms with Gasteiger partial charge in [-0.3, -0.25) is 4.79 Å². The van der Waals surface area contributed by atoms with Gasteiger partial charge in [-0.05, 0) is 37.3 Å². The third kappa shape index (κ3) is 4.92. The number of amides is 1. The molecule has 1 amide bonds. The third-order valence-electron chi connectivity index (χ3n) is 3.11. The van der Waals surface area contributed by atoms with Gasteiger partial charge in [0, 0.05) is 16.6 Å². The van der Waals surface area contributed by atoms with Gasteiger partial charge in [-0.1, -0.05) is 28.1 Å². The van der Waals surface area contributed by atoms with E-state index in [0.717, 1.165) is 0 Å². The summed E-state index contributed by atoms with van der Waals surface area (Å²) in [5.74, 6) is 0.129. The summed E-state index contributed by atoms with van der Waals surface area (Å²) < 4.78 is 35.5. The summed E-state index contributed by atoms with van der Waals surface area (Å²) >= 11 is 3.27. The molecule has 1 N–H and O–H groups in total. The second-order valence-corrected chi connectivity index (χ2v) is 5.66. The van der Waals surface area contributed by atoms with Crippen LogP contribution in [0.4, 0.5) is 8.78 Å². The summed E-state index contributed by atoms with van der Waals surface area (Å²) in [6.07, 6.45) is 0. The Morgan fingerprint density at radius 3 is 2.67 bits per heavy atom. The number of benzene rings is 2. The molecule has 0 aliphatic heterocycles. The van der Waals surface area contributed by atoms with Crippen molar-refractivity contribution in [2.24, 2.45) is 0 Å². The van der Waals surface area contributed by atoms with E-state index in [2.05, 4.69) is 26.0 Å². The van der Waals surface area contributed by atoms with Crippen molar-refractivity contribution < 1.29 is 23.0 Å². The van der Waals surface area contributed by atoms with Crippen LogP contribution in [-0.2, 0) is 6.54 Å². The number of hydrogen-bond donors (Lipinski definition) is 1. The molecule has 128 valence electrons. The molecule has 2 aromatic carbocycles. The highest BCUT2D eigenvalue weighted by Crippen LogP contribution is 2.25. The highest BCUT2D eigenvalue weighted by atomic mass is 79.9. The van der Waals surface area contributed by atoms with Crippen LogP contribution in [0.3, 0.4) is 0 Å². The highest BCUT2D eigenvalue weighted by molar-refractivity contribution is 9.10. The predicted molar refractivity (Wildman–Crippen MR) is 89.6 cm³/mol. The minimum atomic E-state index is -2.93. The smallest absolute Gasteiger partial charge is 0.387 e. The van der Waals surface area contributed by atoms with Gasteiger partial charge in [0.05, 0.1) is 12.2 Å². The van der Waals surface area contributed by atoms with Crippen molar-refractivity contribution >= 4 is 21.8 Å². The number of para-hydroxylation sites is 1. The minimum Gasteiger partial charge on any atom is -0.493 e. The Morgan fingerprint density at radius 1 is 1.21 bits per heavy atom. The van der Waals surface area contributed by atoms with Crippen LogP contribution in [0.15, 0.2) is 46.9 Å². The monoisotopic (exact) mass is 399 g/mol. The second kappa shape index (κ2) is 8.63. The van der Waals surface area contributed by atoms with Crippen molar-refractivity contribution in [3.05, 3.63) is 58.1 Å². The average Bonchev–Trinajstić information content (AvgIpc) is 2.55. The van der Waals surface area contributed by atoms with Crippen molar-refractivity contribution in [3.63, 3.8) is 0 Å². The topological polar surface area (TPSA) is 47.6 Å². The number of ether oxygens (including phenoxy) is 2. The summed E-state index contributed by atoms with van der Waals surface area (Å²) in [4.78, 5) is 12.3. The Morgan fingerprint density at radius 2 is 1.96 bits per heavy atom. The fourth-order valence-electron chi connectivity index (χ4n) is 2.10. The van der Waals surface area contributed by atoms with Crippen LogP contribution in [0.25, 0.3) is 0 Å². The molecule has 0 aliphatic carbocycles. The van der Waals surface area contributed by atoms with Gasteiger partial charge in [-0.15, -0.1) is 0 Å². The zero-order valence-corrected chi connectivity index (χ0v) is 14.5. The molecule has 0 atom stereocenters. The maximum atomic E-state index is 12.5. The highest BCUT2D eigenvalue weighted by Gasteiger charge is 2.14. The van der Waals surface area contributed by atoms with Gasteiger partial charge in [0.25, 0.3) is 5.91 Å². The molecule has 0 bridgehead atoms. The Kier molecular flexibility index (Phi) is 6.54. The van der Waals surface area contributed by atoms with Gasteiger partial charge < -0.3 is 14.8 Å². The van der Waals surface area contributed by atoms with E-state index in [1.807, 2.05) is 6.92 Å². The summed E-state index contributed by atoms with van der Waals surface area (Å²) in [5, 5.41) is 2.69. The van der Waals surface area contributed by atoms with Gasteiger partial charge in [0.1, 0.15) is 11.5 Å². The molecule has 24 heavy (non-hydrogen) atoms. The number of carbonyl (C=O) groups is 1. The molecule has 0 spiro atoms. The normalized spacial score (nSPS) is 10.5. The Labute approximate surface area is 146 Å². The van der Waals surface area contributed by atoms with Crippen molar-refractivity contribution in [2.75, 3.05) is 6.61 Å². The fourth-order valence-corrected chi connectivity index (χ4v) is 2.51. The number of hydrogen-bond acceptors (Lipinski definition) is 3. The molecule has 0 saturated heterocycles. The molecule has 0 unspecified atom stereocenters. The van der Waals surface area contributed by atoms with Crippen LogP contribution in [0.5, 0.6) is 11.5 Å². The van der Waals surface area contributed by atoms with Crippen LogP contribution in [0, 0.1) is 0 Å². The average molecular weight is 400 g/mol. The molecular weight excluding hydrogens is 384 g/mol. The van der Waals surface area contributed by atoms with Crippen molar-refractivity contribution in [1.82, 2.24) is 5.32 Å². The van der Waals surface area contributed by atoms with Crippen molar-refractivity contribution in [3.8, 4) is 11.5 Å². The van der Waals surface area contributed by atoms with E-state index >= 15 is 0 Å². The van der Waals surface area contributed by atoms with E-state index in [1.165, 1.54) is 6.07 Å². The Hall–Kier alpha value is -2.15. The molecule has 0 radical (unpaired) electrons. The third-order valence-corrected chi connectivity index (χ3v) is 3.60. The van der Waals surface area contributed by atoms with Crippen LogP contribution >= 0.6 is 15.9 Å². The molecular formula is C17H16BrF2NO3. The van der Waals surface area contributed by atoms with E-state index in [9.17, 15) is 13.6 Å². The first-order valence-electron chi connectivity index (χ1n) is 7.24. The number of halogens is 3. The van der Waals surface area contributed by atoms with Crippen molar-refractivity contribution in [1.29, 1.82) is 0 Å². The second-order valence-electron chi connectivity index (χ2n) is 4.74. The number of nitrogens with one attached hydrogen (secondary N) is 1. The summed E-state index contributed by atoms with van der Waals surface area (Å²) in [7, 11) is 0. The van der Waals surface area contributed by atoms with Gasteiger partial charge in [0.15, 0.2) is 0 Å². The van der Waals surface area contributed by atoms with Gasteiger partial charge in [0.2, 0.25) is 0 Å². The summed E-state index contributed by atoms with van der Waals surface area (Å²) in [6, 6.07) is 11.5. The van der Waals surface area contributed by atoms with E-state index < -0.39 is 6.61 Å². The number of carbonyl (C=O) groups excluding carboxylic acids is 1. The van der Waals surface area contributed by atoms with Gasteiger partial charge in [-0.2, -0.15) is 8.78 Å². The molecule has 0 aromatic heterocycles. The molecule has 0 saturated carbocycles. The van der Waals surface area contributed by atoms with Crippen LogP contribution in [-0.4, -0.2) is 19.1 Å². The summed E-state index contributed by atoms with van der Waals surface area (Å²) in [5.41, 5.74) is 0.817. The molecule has 0 heterocycles. The first-order valence-corrected chi connectivity index (χ1v) is 8.03. The lowest BCUT2D eigenvalue weighted by atomic mass is 10.1. The molecule has 2 rings (SSSR count). The lowest BCUT2D eigenvalue weighted by Crippen LogP contribution is -2.24. The molecule has 0 fully saturated rings. The fraction of sp³-hybridized carbons (Fsp3) is 0.235. The quantitative estimate of drug-likeness (QED) is 0.751. The first kappa shape index (κ1) is 18.2. The van der Waals surface area contributed by atoms with E-state index in [0.29, 0.717) is 28.0 Å². The van der Waals surface area contributed by atoms with E-state index in [4.69, 9.17) is 4.74 Å². The number of alkyl halides is 2. The minimum absolute atomic E-state index is 0.0200. The zero-order chi connectivity index (χ0) is 17.5. The van der Waals surface area contributed by atoms with E-state index in [1.54, 1.807) is 36.4 Å². The van der Waals surface area contributed by atoms with Crippen LogP contribution < -0.4 is 14.8 Å². The van der Waals surface area contributed by atoms with Gasteiger partial charge >= 0.3 is 6.61 Å². The van der Waals surface area contributed by atoms with Crippen LogP contribution in [0.2, 0.25) is 0 Å². The summed E-state index contributed by atoms with van der Waals surface area (Å²) in [6.45, 7) is -0.632. The van der Waals surface area contributed by atoms with E-state index in [-0.39, 0.29) is 18.2 Å². The lowest BCUT2D eigenvalue weighted by Gasteiger charge is -2.13. The standard InChI is InChI=1S/C17H16BrF2NO3/c1-2-23-15-6-4-3-5-13(15)16(22)21-10-11-9-12(18)7-8-14(11)24-17(19)20/h3-9,17H,2,10H2,1H3,(H,21,22). The lowest BCUT2D eigenvalue weighted by molar-refractivity contribution is -0.0504. The van der Waals surface area contributed by atoms with Crippen molar-refractivity contribution in [2.45, 2.75) is 20.1 Å². The maximum Gasteiger partial charge on any atom is 0.387 e. The zero-order valence-electron chi connectivity index (χ0n) is 12.9. The molecule has 4 nitrogen and oxygen atoms in total. The Bertz CT molecular complexity index is 710. The van der Waals surface area contributed by atoms with Crippen LogP contribution in [0.1, 0.15) is 22.8 Å². The molecule has 0 aliphatic rings. The van der Waals surface area contributed by atoms with Gasteiger partial charge in [-0.25, -0.2) is 0 Å². The Balaban J connectivity index is 2.13. The first-order chi connectivity index (χ1) is 11.5.